The quantitative estimate of drug-likeness (QED) is 0.0622. The number of rotatable bonds is 13. The minimum atomic E-state index is -0.702. The summed E-state index contributed by atoms with van der Waals surface area (Å²) in [6, 6.07) is 23.8. The number of aromatic nitrogens is 6. The number of halogens is 11. The Balaban J connectivity index is 0.000000164. The van der Waals surface area contributed by atoms with Gasteiger partial charge in [0.05, 0.1) is 61.0 Å². The van der Waals surface area contributed by atoms with Crippen molar-refractivity contribution in [2.24, 2.45) is 0 Å². The zero-order valence-electron chi connectivity index (χ0n) is 69.7. The molecule has 0 bridgehead atoms. The van der Waals surface area contributed by atoms with Crippen molar-refractivity contribution in [2.75, 3.05) is 153 Å². The second kappa shape index (κ2) is 39.2. The molecule has 15 rings (SSSR count). The molecule has 0 aliphatic carbocycles. The number of carbonyl (C=O) groups is 2. The number of nitrogens with zero attached hydrogens (tertiary/aromatic N) is 14. The molecular weight excluding hydrogens is 1620 g/mol. The van der Waals surface area contributed by atoms with Crippen LogP contribution in [0.5, 0.6) is 17.2 Å². The van der Waals surface area contributed by atoms with Crippen molar-refractivity contribution in [3.8, 4) is 51.0 Å². The van der Waals surface area contributed by atoms with Crippen LogP contribution in [0.25, 0.3) is 33.8 Å². The van der Waals surface area contributed by atoms with Gasteiger partial charge in [-0.1, -0.05) is 12.1 Å². The smallest absolute Gasteiger partial charge is 0.410 e. The van der Waals surface area contributed by atoms with Crippen molar-refractivity contribution in [3.05, 3.63) is 190 Å². The van der Waals surface area contributed by atoms with Crippen molar-refractivity contribution in [2.45, 2.75) is 125 Å². The van der Waals surface area contributed by atoms with E-state index in [0.717, 1.165) is 56.1 Å². The van der Waals surface area contributed by atoms with Crippen LogP contribution >= 0.6 is 24.0 Å². The van der Waals surface area contributed by atoms with Crippen LogP contribution in [0, 0.1) is 52.4 Å². The van der Waals surface area contributed by atoms with Crippen LogP contribution in [-0.4, -0.2) is 199 Å². The molecule has 2 amide bonds. The predicted molar refractivity (Wildman–Crippen MR) is 453 cm³/mol. The molecule has 0 saturated carbocycles. The number of piperazine rings is 3. The number of carbonyl (C=O) groups excluding carboxylic acids is 2. The van der Waals surface area contributed by atoms with Crippen molar-refractivity contribution in [1.82, 2.24) is 45.0 Å². The average molecular weight is 1720 g/mol. The van der Waals surface area contributed by atoms with Gasteiger partial charge >= 0.3 is 12.2 Å². The molecule has 648 valence electrons. The van der Waals surface area contributed by atoms with Gasteiger partial charge in [-0.05, 0) is 185 Å². The second-order valence-electron chi connectivity index (χ2n) is 32.4. The minimum Gasteiger partial charge on any atom is -0.486 e. The van der Waals surface area contributed by atoms with Gasteiger partial charge < -0.3 is 73.9 Å². The molecule has 3 aromatic heterocycles. The van der Waals surface area contributed by atoms with Gasteiger partial charge in [-0.25, -0.2) is 79.0 Å². The van der Waals surface area contributed by atoms with Gasteiger partial charge in [-0.3, -0.25) is 0 Å². The number of fused-ring (bicyclic) bond motifs is 3. The SMILES string of the molecule is CC(C)(C)OC(=O)N1CCN(c2ccc(N)c(F)c2)CC1.CC(C)N1CCOc2c(F)cc(-c3nc(Cc4ccc(N5CCN(C(=O)OC(C)(C)C)CC5)cc4F)ncc3F)cc21.CC(C)N1CCOc2c(F)cc(-c3nc(Cc4ccc(N5CCNCC5)cc4F)ncc3F)cc21.CC(C)N1CCOc2c(F)cc(-c3nc(Cl)ncc3F)cc21.Cl. The average Bonchev–Trinajstić information content (AvgIpc) is 0.781. The second-order valence-corrected chi connectivity index (χ2v) is 32.7. The van der Waals surface area contributed by atoms with E-state index in [1.54, 1.807) is 52.3 Å². The van der Waals surface area contributed by atoms with E-state index < -0.39 is 57.7 Å². The van der Waals surface area contributed by atoms with E-state index in [9.17, 15) is 40.3 Å². The summed E-state index contributed by atoms with van der Waals surface area (Å²) < 4.78 is 159. The molecule has 3 saturated heterocycles. The lowest BCUT2D eigenvalue weighted by Crippen LogP contribution is -2.50. The highest BCUT2D eigenvalue weighted by molar-refractivity contribution is 6.28. The number of nitrogens with one attached hydrogen (secondary N) is 1. The number of anilines is 7. The summed E-state index contributed by atoms with van der Waals surface area (Å²) in [5, 5.41) is 3.19. The van der Waals surface area contributed by atoms with Crippen LogP contribution < -0.4 is 54.7 Å². The Bertz CT molecular complexity index is 5160. The first-order valence-electron chi connectivity index (χ1n) is 40.0. The summed E-state index contributed by atoms with van der Waals surface area (Å²) in [4.78, 5) is 64.1. The van der Waals surface area contributed by atoms with Gasteiger partial charge in [0.2, 0.25) is 5.28 Å². The third-order valence-corrected chi connectivity index (χ3v) is 20.7. The molecule has 0 spiro atoms. The fourth-order valence-electron chi connectivity index (χ4n) is 14.5. The topological polar surface area (TPSA) is 222 Å². The molecule has 6 aliphatic rings. The fraction of sp³-hybridized carbons (Fsp3) is 0.425. The van der Waals surface area contributed by atoms with Crippen LogP contribution in [0.15, 0.2) is 110 Å². The van der Waals surface area contributed by atoms with Gasteiger partial charge in [0, 0.05) is 143 Å². The number of amides is 2. The lowest BCUT2D eigenvalue weighted by molar-refractivity contribution is 0.0230. The van der Waals surface area contributed by atoms with E-state index in [1.165, 1.54) is 36.4 Å². The number of hydrogen-bond acceptors (Lipinski definition) is 21. The van der Waals surface area contributed by atoms with Crippen LogP contribution in [0.1, 0.15) is 106 Å². The highest BCUT2D eigenvalue weighted by Crippen LogP contribution is 2.43. The molecule has 34 heteroatoms. The first kappa shape index (κ1) is 90.8. The molecule has 6 aromatic carbocycles. The Labute approximate surface area is 709 Å². The largest absolute Gasteiger partial charge is 0.486 e. The predicted octanol–water partition coefficient (Wildman–Crippen LogP) is 16.6. The van der Waals surface area contributed by atoms with Gasteiger partial charge in [0.25, 0.3) is 0 Å². The first-order valence-corrected chi connectivity index (χ1v) is 40.4. The first-order chi connectivity index (χ1) is 57.0. The summed E-state index contributed by atoms with van der Waals surface area (Å²) in [6.45, 7) is 33.8. The molecule has 6 aliphatic heterocycles. The van der Waals surface area contributed by atoms with Crippen LogP contribution in [0.3, 0.4) is 0 Å². The van der Waals surface area contributed by atoms with Gasteiger partial charge in [-0.15, -0.1) is 12.4 Å². The van der Waals surface area contributed by atoms with E-state index in [2.05, 4.69) is 40.1 Å². The van der Waals surface area contributed by atoms with Gasteiger partial charge in [-0.2, -0.15) is 0 Å². The monoisotopic (exact) mass is 1720 g/mol. The van der Waals surface area contributed by atoms with Gasteiger partial charge in [0.1, 0.15) is 77.2 Å². The van der Waals surface area contributed by atoms with E-state index in [1.807, 2.05) is 120 Å². The third-order valence-electron chi connectivity index (χ3n) is 20.6. The summed E-state index contributed by atoms with van der Waals surface area (Å²) in [6.07, 6.45) is 2.52. The molecule has 23 nitrogen and oxygen atoms in total. The maximum absolute atomic E-state index is 15.2. The van der Waals surface area contributed by atoms with E-state index in [4.69, 9.17) is 41.0 Å². The lowest BCUT2D eigenvalue weighted by Gasteiger charge is -2.36. The lowest BCUT2D eigenvalue weighted by atomic mass is 10.1. The Morgan fingerprint density at radius 1 is 0.430 bits per heavy atom. The Kier molecular flexibility index (Phi) is 29.4. The zero-order valence-corrected chi connectivity index (χ0v) is 71.2. The highest BCUT2D eigenvalue weighted by atomic mass is 35.5. The Morgan fingerprint density at radius 3 is 1.10 bits per heavy atom. The number of hydrogen-bond donors (Lipinski definition) is 2. The van der Waals surface area contributed by atoms with Crippen LogP contribution in [0.4, 0.5) is 88.9 Å². The van der Waals surface area contributed by atoms with Crippen LogP contribution in [0.2, 0.25) is 5.28 Å². The van der Waals surface area contributed by atoms with Crippen molar-refractivity contribution >= 4 is 76.0 Å². The molecule has 0 atom stereocenters. The van der Waals surface area contributed by atoms with E-state index in [-0.39, 0.29) is 129 Å². The maximum atomic E-state index is 15.2. The maximum Gasteiger partial charge on any atom is 0.410 e. The number of nitrogens with two attached hydrogens (primary N) is 1. The molecular formula is C87H101Cl2F9N16O7. The normalized spacial score (nSPS) is 15.3. The summed E-state index contributed by atoms with van der Waals surface area (Å²) >= 11 is 5.71. The fourth-order valence-corrected chi connectivity index (χ4v) is 14.7. The molecule has 0 radical (unpaired) electrons. The number of benzene rings is 6. The molecule has 121 heavy (non-hydrogen) atoms. The molecule has 9 aromatic rings. The third kappa shape index (κ3) is 22.6. The van der Waals surface area contributed by atoms with Crippen molar-refractivity contribution < 1.29 is 72.8 Å². The molecule has 9 heterocycles. The Morgan fingerprint density at radius 2 is 0.760 bits per heavy atom. The van der Waals surface area contributed by atoms with Crippen molar-refractivity contribution in [3.63, 3.8) is 0 Å². The van der Waals surface area contributed by atoms with E-state index >= 15 is 8.78 Å². The number of ether oxygens (including phenoxy) is 5. The summed E-state index contributed by atoms with van der Waals surface area (Å²) in [5.41, 5.74) is 10.1. The molecule has 3 fully saturated rings. The van der Waals surface area contributed by atoms with E-state index in [0.29, 0.717) is 131 Å². The van der Waals surface area contributed by atoms with Crippen LogP contribution in [-0.2, 0) is 22.3 Å². The Hall–Kier alpha value is -11.0. The highest BCUT2D eigenvalue weighted by Gasteiger charge is 2.33. The van der Waals surface area contributed by atoms with Gasteiger partial charge in [0.15, 0.2) is 52.2 Å². The summed E-state index contributed by atoms with van der Waals surface area (Å²) in [7, 11) is 0. The molecule has 3 N–H and O–H groups in total. The van der Waals surface area contributed by atoms with Crippen molar-refractivity contribution in [1.29, 1.82) is 0 Å². The standard InChI is InChI=1S/C31H36F3N5O3.C26H28F3N5O.C15H14ClF2N3O.C15H22FN3O2.ClH/c1-19(2)39-12-13-41-29-24(33)14-21(15-26(29)39)28-25(34)18-35-27(36-28)16-20-6-7-22(17-23(20)32)37-8-10-38(11-9-37)30(40)42-31(3,4)5;1-16(2)34-9-10-35-26-21(28)11-18(12-23(26)34)25-22(29)15-31-24(32-25)13-17-3-4-19(14-20(17)27)33-7-5-30-6-8-33;1-8(2)21-3-4-22-14-10(17)5-9(6-12(14)21)13-11(18)7-19-15(16)20-13;1-15(2,3)21-14(20)19-8-6-18(7-9-19)11-4-5-13(17)12(16)10-11;/h6-7,14-15,17-19H,8-13,16H2,1-5H3;3-4,11-12,14-16,30H,5-10,13H2,1-2H3;5-8H,3-4H2,1-2H3;4-5,10H,6-9,17H2,1-3H3;1H. The summed E-state index contributed by atoms with van der Waals surface area (Å²) in [5.74, 6) is -4.02. The minimum absolute atomic E-state index is 0. The number of nitrogen functional groups attached to an aromatic ring is 1. The molecule has 0 unspecified atom stereocenters. The zero-order chi connectivity index (χ0) is 86.2.